The Morgan fingerprint density at radius 3 is 2.66 bits per heavy atom. The third-order valence-corrected chi connectivity index (χ3v) is 10.9. The van der Waals surface area contributed by atoms with E-state index in [1.54, 1.807) is 12.1 Å². The molecule has 1 saturated heterocycles. The van der Waals surface area contributed by atoms with E-state index < -0.39 is 10.0 Å². The summed E-state index contributed by atoms with van der Waals surface area (Å²) >= 11 is 0. The number of benzene rings is 1. The van der Waals surface area contributed by atoms with Gasteiger partial charge >= 0.3 is 0 Å². The van der Waals surface area contributed by atoms with E-state index in [0.717, 1.165) is 37.0 Å². The molecule has 5 aliphatic rings. The van der Waals surface area contributed by atoms with Crippen molar-refractivity contribution in [1.82, 2.24) is 9.62 Å². The van der Waals surface area contributed by atoms with Crippen molar-refractivity contribution in [1.29, 1.82) is 5.26 Å². The van der Waals surface area contributed by atoms with Crippen LogP contribution in [0, 0.1) is 45.8 Å². The summed E-state index contributed by atoms with van der Waals surface area (Å²) in [6.45, 7) is 1.44. The maximum atomic E-state index is 13.0. The summed E-state index contributed by atoms with van der Waals surface area (Å²) in [7, 11) is -3.60. The molecular formula is C22H25N3O3S. The fourth-order valence-corrected chi connectivity index (χ4v) is 9.36. The molecule has 29 heavy (non-hydrogen) atoms. The molecule has 1 heterocycles. The quantitative estimate of drug-likeness (QED) is 0.804. The van der Waals surface area contributed by atoms with Gasteiger partial charge in [-0.25, -0.2) is 8.42 Å². The maximum Gasteiger partial charge on any atom is 0.243 e. The lowest BCUT2D eigenvalue weighted by Gasteiger charge is -2.90. The fraction of sp³-hybridized carbons (Fsp3) is 0.636. The number of rotatable bonds is 5. The van der Waals surface area contributed by atoms with Crippen LogP contribution in [-0.4, -0.2) is 38.3 Å². The second-order valence-electron chi connectivity index (χ2n) is 9.85. The van der Waals surface area contributed by atoms with Gasteiger partial charge in [0.1, 0.15) is 0 Å². The largest absolute Gasteiger partial charge is 0.355 e. The summed E-state index contributed by atoms with van der Waals surface area (Å²) in [5, 5.41) is 12.2. The molecule has 152 valence electrons. The van der Waals surface area contributed by atoms with Gasteiger partial charge in [0.2, 0.25) is 15.9 Å². The lowest BCUT2D eigenvalue weighted by molar-refractivity contribution is -0.413. The molecule has 6 rings (SSSR count). The van der Waals surface area contributed by atoms with Crippen molar-refractivity contribution in [3.8, 4) is 6.07 Å². The van der Waals surface area contributed by atoms with Gasteiger partial charge in [-0.15, -0.1) is 0 Å². The zero-order chi connectivity index (χ0) is 20.0. The number of nitriles is 1. The van der Waals surface area contributed by atoms with E-state index >= 15 is 0 Å². The lowest BCUT2D eigenvalue weighted by Crippen LogP contribution is -2.88. The highest BCUT2D eigenvalue weighted by Crippen LogP contribution is 2.92. The Balaban J connectivity index is 1.08. The zero-order valence-corrected chi connectivity index (χ0v) is 17.1. The van der Waals surface area contributed by atoms with Crippen LogP contribution in [-0.2, 0) is 14.8 Å². The van der Waals surface area contributed by atoms with Crippen molar-refractivity contribution < 1.29 is 13.2 Å². The maximum absolute atomic E-state index is 13.0. The molecule has 0 bridgehead atoms. The molecule has 1 aliphatic heterocycles. The Morgan fingerprint density at radius 2 is 2.00 bits per heavy atom. The minimum atomic E-state index is -3.60. The molecule has 4 saturated carbocycles. The standard InChI is InChI=1S/C22H25N3O3S/c23-11-14-2-1-3-19(6-14)29(27,28)25-5-4-15(13-25)12-24-20(26)21-9-17-7-16-8-18(10-21)22(16,17)21/h1-3,6,15-18H,4-5,7-10,12-13H2,(H,24,26)/t15?,16?,17-,18?,21?,22?/m1/s1. The third-order valence-electron chi connectivity index (χ3n) is 9.02. The molecule has 5 unspecified atom stereocenters. The van der Waals surface area contributed by atoms with Gasteiger partial charge in [0, 0.05) is 19.6 Å². The summed E-state index contributed by atoms with van der Waals surface area (Å²) in [5.41, 5.74) is 0.648. The van der Waals surface area contributed by atoms with Crippen LogP contribution in [0.2, 0.25) is 0 Å². The Labute approximate surface area is 171 Å². The minimum absolute atomic E-state index is 0.0778. The van der Waals surface area contributed by atoms with E-state index in [1.807, 2.05) is 6.07 Å². The number of amides is 1. The summed E-state index contributed by atoms with van der Waals surface area (Å²) < 4.78 is 27.3. The Morgan fingerprint density at radius 1 is 1.24 bits per heavy atom. The van der Waals surface area contributed by atoms with E-state index in [9.17, 15) is 13.2 Å². The van der Waals surface area contributed by atoms with Gasteiger partial charge in [-0.05, 0) is 79.4 Å². The van der Waals surface area contributed by atoms with Crippen LogP contribution < -0.4 is 5.32 Å². The van der Waals surface area contributed by atoms with E-state index in [2.05, 4.69) is 5.32 Å². The van der Waals surface area contributed by atoms with Crippen molar-refractivity contribution in [3.63, 3.8) is 0 Å². The topological polar surface area (TPSA) is 90.3 Å². The SMILES string of the molecule is N#Cc1cccc(S(=O)(=O)N2CCC(CNC(=O)C34CC5CC6C[C@H](C3)C654)C2)c1. The number of sulfonamides is 1. The second-order valence-corrected chi connectivity index (χ2v) is 11.8. The number of hydrogen-bond donors (Lipinski definition) is 1. The van der Waals surface area contributed by atoms with Gasteiger partial charge in [0.25, 0.3) is 0 Å². The molecule has 6 nitrogen and oxygen atoms in total. The van der Waals surface area contributed by atoms with E-state index in [4.69, 9.17) is 5.26 Å². The van der Waals surface area contributed by atoms with Crippen LogP contribution in [0.25, 0.3) is 0 Å². The van der Waals surface area contributed by atoms with Gasteiger partial charge < -0.3 is 5.32 Å². The molecule has 0 aromatic heterocycles. The van der Waals surface area contributed by atoms with E-state index in [1.165, 1.54) is 29.3 Å². The Kier molecular flexibility index (Phi) is 3.47. The minimum Gasteiger partial charge on any atom is -0.355 e. The van der Waals surface area contributed by atoms with Crippen molar-refractivity contribution in [2.75, 3.05) is 19.6 Å². The van der Waals surface area contributed by atoms with Crippen molar-refractivity contribution in [2.24, 2.45) is 34.5 Å². The van der Waals surface area contributed by atoms with Crippen LogP contribution in [0.4, 0.5) is 0 Å². The Bertz CT molecular complexity index is 1030. The third kappa shape index (κ3) is 2.00. The molecule has 0 radical (unpaired) electrons. The predicted octanol–water partition coefficient (Wildman–Crippen LogP) is 2.12. The summed E-state index contributed by atoms with van der Waals surface area (Å²) in [6.07, 6.45) is 5.59. The average Bonchev–Trinajstić information content (AvgIpc) is 3.14. The first-order valence-corrected chi connectivity index (χ1v) is 12.1. The molecular weight excluding hydrogens is 386 g/mol. The summed E-state index contributed by atoms with van der Waals surface area (Å²) in [4.78, 5) is 13.2. The van der Waals surface area contributed by atoms with Crippen molar-refractivity contribution in [3.05, 3.63) is 29.8 Å². The molecule has 1 N–H and O–H groups in total. The normalized spacial score (nSPS) is 41.5. The van der Waals surface area contributed by atoms with Crippen LogP contribution in [0.5, 0.6) is 0 Å². The van der Waals surface area contributed by atoms with E-state index in [-0.39, 0.29) is 22.1 Å². The van der Waals surface area contributed by atoms with Gasteiger partial charge in [0.05, 0.1) is 21.9 Å². The molecule has 7 heteroatoms. The first-order chi connectivity index (χ1) is 13.9. The number of nitrogens with zero attached hydrogens (tertiary/aromatic N) is 2. The molecule has 6 atom stereocenters. The number of carbonyl (C=O) groups excluding carboxylic acids is 1. The molecule has 4 aliphatic carbocycles. The highest BCUT2D eigenvalue weighted by molar-refractivity contribution is 7.89. The monoisotopic (exact) mass is 411 g/mol. The second kappa shape index (κ2) is 5.61. The number of carbonyl (C=O) groups is 1. The summed E-state index contributed by atoms with van der Waals surface area (Å²) in [6, 6.07) is 8.16. The fourth-order valence-electron chi connectivity index (χ4n) is 7.78. The highest BCUT2D eigenvalue weighted by atomic mass is 32.2. The van der Waals surface area contributed by atoms with Gasteiger partial charge in [0.15, 0.2) is 0 Å². The predicted molar refractivity (Wildman–Crippen MR) is 105 cm³/mol. The number of nitrogens with one attached hydrogen (secondary N) is 1. The molecule has 1 aromatic carbocycles. The number of hydrogen-bond acceptors (Lipinski definition) is 4. The van der Waals surface area contributed by atoms with Gasteiger partial charge in [-0.3, -0.25) is 4.79 Å². The molecule has 1 amide bonds. The summed E-state index contributed by atoms with van der Waals surface area (Å²) in [5.74, 6) is 2.80. The molecule has 1 aromatic rings. The lowest BCUT2D eigenvalue weighted by atomic mass is 9.13. The van der Waals surface area contributed by atoms with Crippen LogP contribution in [0.1, 0.15) is 37.7 Å². The first-order valence-electron chi connectivity index (χ1n) is 10.7. The Hall–Kier alpha value is -1.91. The smallest absolute Gasteiger partial charge is 0.243 e. The highest BCUT2D eigenvalue weighted by Gasteiger charge is 2.89. The van der Waals surface area contributed by atoms with E-state index in [0.29, 0.717) is 30.6 Å². The van der Waals surface area contributed by atoms with Crippen molar-refractivity contribution in [2.45, 2.75) is 37.0 Å². The van der Waals surface area contributed by atoms with Crippen LogP contribution >= 0.6 is 0 Å². The van der Waals surface area contributed by atoms with Gasteiger partial charge in [-0.2, -0.15) is 9.57 Å². The van der Waals surface area contributed by atoms with Crippen molar-refractivity contribution >= 4 is 15.9 Å². The zero-order valence-electron chi connectivity index (χ0n) is 16.3. The molecule has 1 spiro atoms. The van der Waals surface area contributed by atoms with Crippen LogP contribution in [0.3, 0.4) is 0 Å². The molecule has 5 fully saturated rings. The van der Waals surface area contributed by atoms with Gasteiger partial charge in [-0.1, -0.05) is 6.07 Å². The first kappa shape index (κ1) is 17.9. The van der Waals surface area contributed by atoms with Crippen LogP contribution in [0.15, 0.2) is 29.2 Å². The average molecular weight is 412 g/mol.